The first-order valence-corrected chi connectivity index (χ1v) is 4.61. The Bertz CT molecular complexity index is 157. The monoisotopic (exact) mass is 172 g/mol. The molecule has 1 N–H and O–H groups in total. The highest BCUT2D eigenvalue weighted by atomic mass is 16.3. The number of rotatable bonds is 4. The first-order valence-electron chi connectivity index (χ1n) is 4.61. The van der Waals surface area contributed by atoms with Crippen LogP contribution in [0.15, 0.2) is 0 Å². The van der Waals surface area contributed by atoms with Crippen LogP contribution >= 0.6 is 0 Å². The molecule has 2 nitrogen and oxygen atoms in total. The second-order valence-corrected chi connectivity index (χ2v) is 4.12. The van der Waals surface area contributed by atoms with Crippen molar-refractivity contribution in [2.45, 2.75) is 39.7 Å². The molecule has 0 aliphatic heterocycles. The normalized spacial score (nSPS) is 13.2. The van der Waals surface area contributed by atoms with Crippen LogP contribution in [-0.2, 0) is 0 Å². The van der Waals surface area contributed by atoms with Gasteiger partial charge in [-0.1, -0.05) is 13.8 Å². The molecule has 0 saturated carbocycles. The third-order valence-corrected chi connectivity index (χ3v) is 2.04. The van der Waals surface area contributed by atoms with Crippen molar-refractivity contribution in [2.24, 2.45) is 5.92 Å². The van der Waals surface area contributed by atoms with Gasteiger partial charge in [0.1, 0.15) is 14.1 Å². The fourth-order valence-electron chi connectivity index (χ4n) is 1.15. The third kappa shape index (κ3) is 5.30. The zero-order chi connectivity index (χ0) is 9.72. The van der Waals surface area contributed by atoms with Crippen LogP contribution in [0.5, 0.6) is 0 Å². The minimum Gasteiger partial charge on any atom is -0.393 e. The lowest BCUT2D eigenvalue weighted by Crippen LogP contribution is -2.19. The predicted molar refractivity (Wildman–Crippen MR) is 52.9 cm³/mol. The fraction of sp³-hybridized carbons (Fsp3) is 0.900. The lowest BCUT2D eigenvalue weighted by atomic mass is 10.0. The molecule has 0 aromatic rings. The molecule has 2 heteroatoms. The van der Waals surface area contributed by atoms with Crippen LogP contribution < -0.4 is 0 Å². The van der Waals surface area contributed by atoms with E-state index in [1.54, 1.807) is 0 Å². The van der Waals surface area contributed by atoms with Crippen molar-refractivity contribution >= 4 is 5.71 Å². The Balaban J connectivity index is 3.85. The quantitative estimate of drug-likeness (QED) is 0.504. The molecule has 0 aromatic carbocycles. The van der Waals surface area contributed by atoms with E-state index in [4.69, 9.17) is 0 Å². The summed E-state index contributed by atoms with van der Waals surface area (Å²) in [6.07, 6.45) is 1.52. The van der Waals surface area contributed by atoms with E-state index in [9.17, 15) is 5.11 Å². The molecule has 1 atom stereocenters. The molecule has 0 aliphatic carbocycles. The van der Waals surface area contributed by atoms with Gasteiger partial charge in [0, 0.05) is 6.92 Å². The van der Waals surface area contributed by atoms with Gasteiger partial charge >= 0.3 is 0 Å². The van der Waals surface area contributed by atoms with Crippen molar-refractivity contribution in [3.8, 4) is 0 Å². The maximum absolute atomic E-state index is 9.59. The van der Waals surface area contributed by atoms with Crippen molar-refractivity contribution in [3.63, 3.8) is 0 Å². The molecular formula is C10H22NO+. The largest absolute Gasteiger partial charge is 0.393 e. The fourth-order valence-corrected chi connectivity index (χ4v) is 1.15. The van der Waals surface area contributed by atoms with E-state index in [-0.39, 0.29) is 6.10 Å². The molecule has 0 saturated heterocycles. The number of hydrogen-bond acceptors (Lipinski definition) is 1. The highest BCUT2D eigenvalue weighted by Crippen LogP contribution is 2.07. The van der Waals surface area contributed by atoms with Gasteiger partial charge in [0.25, 0.3) is 0 Å². The van der Waals surface area contributed by atoms with Crippen LogP contribution in [0.4, 0.5) is 0 Å². The van der Waals surface area contributed by atoms with E-state index in [1.165, 1.54) is 5.71 Å². The summed E-state index contributed by atoms with van der Waals surface area (Å²) in [5, 5.41) is 9.59. The first-order chi connectivity index (χ1) is 5.43. The van der Waals surface area contributed by atoms with Crippen LogP contribution in [0.2, 0.25) is 0 Å². The van der Waals surface area contributed by atoms with E-state index in [2.05, 4.69) is 25.3 Å². The van der Waals surface area contributed by atoms with Crippen molar-refractivity contribution in [3.05, 3.63) is 0 Å². The average molecular weight is 172 g/mol. The Morgan fingerprint density at radius 3 is 2.17 bits per heavy atom. The third-order valence-electron chi connectivity index (χ3n) is 2.04. The smallest absolute Gasteiger partial charge is 0.151 e. The van der Waals surface area contributed by atoms with Crippen molar-refractivity contribution in [1.82, 2.24) is 0 Å². The molecule has 0 aromatic heterocycles. The molecule has 0 fully saturated rings. The van der Waals surface area contributed by atoms with Gasteiger partial charge in [0.05, 0.1) is 12.5 Å². The second kappa shape index (κ2) is 5.31. The van der Waals surface area contributed by atoms with Crippen LogP contribution in [0.1, 0.15) is 33.6 Å². The van der Waals surface area contributed by atoms with Gasteiger partial charge in [0.2, 0.25) is 0 Å². The second-order valence-electron chi connectivity index (χ2n) is 4.12. The van der Waals surface area contributed by atoms with E-state index >= 15 is 0 Å². The van der Waals surface area contributed by atoms with Gasteiger partial charge < -0.3 is 5.11 Å². The van der Waals surface area contributed by atoms with Crippen LogP contribution in [-0.4, -0.2) is 35.6 Å². The lowest BCUT2D eigenvalue weighted by molar-refractivity contribution is -0.466. The first kappa shape index (κ1) is 11.6. The summed E-state index contributed by atoms with van der Waals surface area (Å²) >= 11 is 0. The molecule has 1 unspecified atom stereocenters. The Hall–Kier alpha value is -0.370. The van der Waals surface area contributed by atoms with Crippen LogP contribution in [0.3, 0.4) is 0 Å². The number of aliphatic hydroxyl groups is 1. The number of aliphatic hydroxyl groups excluding tert-OH is 1. The highest BCUT2D eigenvalue weighted by molar-refractivity contribution is 5.77. The molecule has 72 valence electrons. The SMILES string of the molecule is CC(CC(O)CC(C)C)=[N+](C)C. The molecular weight excluding hydrogens is 150 g/mol. The van der Waals surface area contributed by atoms with Gasteiger partial charge in [-0.25, -0.2) is 4.58 Å². The van der Waals surface area contributed by atoms with Gasteiger partial charge in [-0.2, -0.15) is 0 Å². The minimum atomic E-state index is -0.174. The zero-order valence-electron chi connectivity index (χ0n) is 8.96. The summed E-state index contributed by atoms with van der Waals surface area (Å²) in [6.45, 7) is 6.33. The Morgan fingerprint density at radius 1 is 1.33 bits per heavy atom. The Morgan fingerprint density at radius 2 is 1.83 bits per heavy atom. The summed E-state index contributed by atoms with van der Waals surface area (Å²) in [5.74, 6) is 0.579. The maximum Gasteiger partial charge on any atom is 0.151 e. The Kier molecular flexibility index (Phi) is 5.14. The van der Waals surface area contributed by atoms with Gasteiger partial charge in [-0.15, -0.1) is 0 Å². The topological polar surface area (TPSA) is 23.2 Å². The standard InChI is InChI=1S/C10H22NO/c1-8(2)6-10(12)7-9(3)11(4)5/h8,10,12H,6-7H2,1-5H3/q+1. The van der Waals surface area contributed by atoms with E-state index < -0.39 is 0 Å². The molecule has 12 heavy (non-hydrogen) atoms. The molecule has 0 rings (SSSR count). The maximum atomic E-state index is 9.59. The number of hydrogen-bond donors (Lipinski definition) is 1. The van der Waals surface area contributed by atoms with Gasteiger partial charge in [-0.3, -0.25) is 0 Å². The summed E-state index contributed by atoms with van der Waals surface area (Å²) in [5.41, 5.74) is 1.24. The van der Waals surface area contributed by atoms with Gasteiger partial charge in [0.15, 0.2) is 5.71 Å². The van der Waals surface area contributed by atoms with Crippen molar-refractivity contribution < 1.29 is 9.68 Å². The molecule has 0 spiro atoms. The average Bonchev–Trinajstić information content (AvgIpc) is 1.84. The summed E-state index contributed by atoms with van der Waals surface area (Å²) in [4.78, 5) is 0. The number of nitrogens with zero attached hydrogens (tertiary/aromatic N) is 1. The molecule has 0 radical (unpaired) electrons. The highest BCUT2D eigenvalue weighted by Gasteiger charge is 2.11. The summed E-state index contributed by atoms with van der Waals surface area (Å²) < 4.78 is 2.06. The Labute approximate surface area is 75.9 Å². The van der Waals surface area contributed by atoms with E-state index in [1.807, 2.05) is 14.1 Å². The van der Waals surface area contributed by atoms with E-state index in [0.29, 0.717) is 5.92 Å². The lowest BCUT2D eigenvalue weighted by Gasteiger charge is -2.11. The van der Waals surface area contributed by atoms with Crippen LogP contribution in [0.25, 0.3) is 0 Å². The zero-order valence-corrected chi connectivity index (χ0v) is 8.96. The minimum absolute atomic E-state index is 0.174. The molecule has 0 bridgehead atoms. The van der Waals surface area contributed by atoms with E-state index in [0.717, 1.165) is 12.8 Å². The van der Waals surface area contributed by atoms with Crippen LogP contribution in [0, 0.1) is 5.92 Å². The molecule has 0 aliphatic rings. The van der Waals surface area contributed by atoms with Crippen molar-refractivity contribution in [2.75, 3.05) is 14.1 Å². The predicted octanol–water partition coefficient (Wildman–Crippen LogP) is 1.52. The van der Waals surface area contributed by atoms with Gasteiger partial charge in [-0.05, 0) is 12.3 Å². The van der Waals surface area contributed by atoms with Crippen molar-refractivity contribution in [1.29, 1.82) is 0 Å². The molecule has 0 heterocycles. The molecule has 0 amide bonds. The summed E-state index contributed by atoms with van der Waals surface area (Å²) in [6, 6.07) is 0. The summed E-state index contributed by atoms with van der Waals surface area (Å²) in [7, 11) is 4.02.